The molecule has 0 radical (unpaired) electrons. The Labute approximate surface area is 120 Å². The fourth-order valence-corrected chi connectivity index (χ4v) is 2.27. The minimum atomic E-state index is -0.632. The third-order valence-corrected chi connectivity index (χ3v) is 3.56. The van der Waals surface area contributed by atoms with Crippen LogP contribution in [0.15, 0.2) is 33.9 Å². The molecule has 2 aromatic rings. The Morgan fingerprint density at radius 2 is 1.90 bits per heavy atom. The molecule has 106 valence electrons. The molecule has 1 heterocycles. The Morgan fingerprint density at radius 3 is 2.45 bits per heavy atom. The monoisotopic (exact) mass is 294 g/mol. The predicted molar refractivity (Wildman–Crippen MR) is 77.6 cm³/mol. The summed E-state index contributed by atoms with van der Waals surface area (Å²) < 4.78 is 1.17. The maximum absolute atomic E-state index is 11.9. The summed E-state index contributed by atoms with van der Waals surface area (Å²) in [6.07, 6.45) is 0.342. The Hall–Kier alpha value is -2.01. The molecule has 0 aliphatic rings. The normalized spacial score (nSPS) is 12.3. The van der Waals surface area contributed by atoms with Gasteiger partial charge in [-0.25, -0.2) is 4.79 Å². The van der Waals surface area contributed by atoms with Gasteiger partial charge < -0.3 is 5.11 Å². The van der Waals surface area contributed by atoms with Crippen molar-refractivity contribution in [1.82, 2.24) is 9.55 Å². The zero-order valence-electron chi connectivity index (χ0n) is 11.2. The van der Waals surface area contributed by atoms with Crippen LogP contribution in [0.2, 0.25) is 5.02 Å². The number of rotatable bonds is 3. The molecule has 0 amide bonds. The van der Waals surface area contributed by atoms with Gasteiger partial charge in [0.2, 0.25) is 5.88 Å². The average Bonchev–Trinajstić information content (AvgIpc) is 2.39. The lowest BCUT2D eigenvalue weighted by Crippen LogP contribution is -2.34. The zero-order valence-corrected chi connectivity index (χ0v) is 11.9. The Bertz CT molecular complexity index is 732. The smallest absolute Gasteiger partial charge is 0.331 e. The van der Waals surface area contributed by atoms with Gasteiger partial charge in [0.25, 0.3) is 5.56 Å². The van der Waals surface area contributed by atoms with Gasteiger partial charge in [-0.15, -0.1) is 0 Å². The summed E-state index contributed by atoms with van der Waals surface area (Å²) >= 11 is 5.83. The first kappa shape index (κ1) is 14.4. The summed E-state index contributed by atoms with van der Waals surface area (Å²) in [5, 5.41) is 10.7. The summed E-state index contributed by atoms with van der Waals surface area (Å²) in [6.45, 7) is 3.51. The number of nitrogens with one attached hydrogen (secondary N) is 1. The zero-order chi connectivity index (χ0) is 14.9. The number of hydrogen-bond acceptors (Lipinski definition) is 3. The van der Waals surface area contributed by atoms with Gasteiger partial charge in [0.1, 0.15) is 0 Å². The molecule has 0 aliphatic heterocycles. The molecule has 6 heteroatoms. The summed E-state index contributed by atoms with van der Waals surface area (Å²) in [5.41, 5.74) is -0.173. The molecule has 2 N–H and O–H groups in total. The van der Waals surface area contributed by atoms with Crippen molar-refractivity contribution in [2.24, 2.45) is 0 Å². The van der Waals surface area contributed by atoms with E-state index in [2.05, 4.69) is 4.98 Å². The standard InChI is InChI=1S/C14H15ClN2O3/c1-3-11-12(18)16-14(20)17(13(11)19)8(2)9-4-6-10(15)7-5-9/h4-8,19H,3H2,1-2H3,(H,16,18,20). The van der Waals surface area contributed by atoms with Gasteiger partial charge in [0, 0.05) is 5.02 Å². The second kappa shape index (κ2) is 5.54. The molecular formula is C14H15ClN2O3. The number of halogens is 1. The van der Waals surface area contributed by atoms with Gasteiger partial charge in [-0.2, -0.15) is 0 Å². The van der Waals surface area contributed by atoms with E-state index in [0.29, 0.717) is 11.4 Å². The van der Waals surface area contributed by atoms with Crippen LogP contribution in [0.1, 0.15) is 31.0 Å². The number of hydrogen-bond donors (Lipinski definition) is 2. The van der Waals surface area contributed by atoms with Crippen molar-refractivity contribution in [3.8, 4) is 5.88 Å². The van der Waals surface area contributed by atoms with Crippen LogP contribution in [0.3, 0.4) is 0 Å². The van der Waals surface area contributed by atoms with Crippen molar-refractivity contribution in [2.75, 3.05) is 0 Å². The lowest BCUT2D eigenvalue weighted by atomic mass is 10.1. The van der Waals surface area contributed by atoms with Crippen molar-refractivity contribution in [2.45, 2.75) is 26.3 Å². The maximum atomic E-state index is 11.9. The van der Waals surface area contributed by atoms with E-state index < -0.39 is 17.3 Å². The Morgan fingerprint density at radius 1 is 1.30 bits per heavy atom. The van der Waals surface area contributed by atoms with E-state index in [1.54, 1.807) is 38.1 Å². The number of benzene rings is 1. The van der Waals surface area contributed by atoms with Crippen LogP contribution in [0.5, 0.6) is 5.88 Å². The third-order valence-electron chi connectivity index (χ3n) is 3.30. The largest absolute Gasteiger partial charge is 0.494 e. The van der Waals surface area contributed by atoms with E-state index in [4.69, 9.17) is 11.6 Å². The fraction of sp³-hybridized carbons (Fsp3) is 0.286. The predicted octanol–water partition coefficient (Wildman–Crippen LogP) is 2.07. The number of aromatic nitrogens is 2. The van der Waals surface area contributed by atoms with Gasteiger partial charge in [0.05, 0.1) is 11.6 Å². The first-order valence-corrected chi connectivity index (χ1v) is 6.65. The van der Waals surface area contributed by atoms with E-state index >= 15 is 0 Å². The molecule has 5 nitrogen and oxygen atoms in total. The molecule has 0 bridgehead atoms. The van der Waals surface area contributed by atoms with Crippen molar-refractivity contribution in [3.63, 3.8) is 0 Å². The summed E-state index contributed by atoms with van der Waals surface area (Å²) in [5.74, 6) is -0.288. The first-order chi connectivity index (χ1) is 9.45. The number of H-pyrrole nitrogens is 1. The first-order valence-electron chi connectivity index (χ1n) is 6.27. The van der Waals surface area contributed by atoms with Crippen LogP contribution in [0.4, 0.5) is 0 Å². The van der Waals surface area contributed by atoms with Crippen LogP contribution < -0.4 is 11.2 Å². The SMILES string of the molecule is CCc1c(O)n(C(C)c2ccc(Cl)cc2)c(=O)[nH]c1=O. The second-order valence-corrected chi connectivity index (χ2v) is 4.95. The topological polar surface area (TPSA) is 75.1 Å². The van der Waals surface area contributed by atoms with E-state index in [-0.39, 0.29) is 11.4 Å². The molecule has 0 fully saturated rings. The van der Waals surface area contributed by atoms with Crippen LogP contribution in [0.25, 0.3) is 0 Å². The van der Waals surface area contributed by atoms with Crippen LogP contribution in [-0.2, 0) is 6.42 Å². The maximum Gasteiger partial charge on any atom is 0.331 e. The van der Waals surface area contributed by atoms with E-state index in [1.165, 1.54) is 4.57 Å². The van der Waals surface area contributed by atoms with E-state index in [0.717, 1.165) is 5.56 Å². The number of nitrogens with zero attached hydrogens (tertiary/aromatic N) is 1. The second-order valence-electron chi connectivity index (χ2n) is 4.51. The minimum Gasteiger partial charge on any atom is -0.494 e. The van der Waals surface area contributed by atoms with Crippen LogP contribution in [0, 0.1) is 0 Å². The van der Waals surface area contributed by atoms with Crippen molar-refractivity contribution < 1.29 is 5.11 Å². The van der Waals surface area contributed by atoms with Crippen molar-refractivity contribution >= 4 is 11.6 Å². The highest BCUT2D eigenvalue weighted by molar-refractivity contribution is 6.30. The van der Waals surface area contributed by atoms with Gasteiger partial charge in [-0.1, -0.05) is 30.7 Å². The quantitative estimate of drug-likeness (QED) is 0.910. The molecule has 0 aliphatic carbocycles. The molecular weight excluding hydrogens is 280 g/mol. The highest BCUT2D eigenvalue weighted by Crippen LogP contribution is 2.23. The number of aromatic amines is 1. The molecule has 1 atom stereocenters. The fourth-order valence-electron chi connectivity index (χ4n) is 2.14. The van der Waals surface area contributed by atoms with Crippen molar-refractivity contribution in [1.29, 1.82) is 0 Å². The van der Waals surface area contributed by atoms with Gasteiger partial charge in [-0.3, -0.25) is 14.3 Å². The van der Waals surface area contributed by atoms with Gasteiger partial charge in [-0.05, 0) is 31.0 Å². The van der Waals surface area contributed by atoms with E-state index in [9.17, 15) is 14.7 Å². The van der Waals surface area contributed by atoms with Crippen LogP contribution >= 0.6 is 11.6 Å². The molecule has 20 heavy (non-hydrogen) atoms. The van der Waals surface area contributed by atoms with Crippen molar-refractivity contribution in [3.05, 3.63) is 61.3 Å². The van der Waals surface area contributed by atoms with Crippen LogP contribution in [-0.4, -0.2) is 14.7 Å². The summed E-state index contributed by atoms with van der Waals surface area (Å²) in [6, 6.07) is 6.55. The Balaban J connectivity index is 2.60. The summed E-state index contributed by atoms with van der Waals surface area (Å²) in [4.78, 5) is 25.8. The highest BCUT2D eigenvalue weighted by Gasteiger charge is 2.18. The Kier molecular flexibility index (Phi) is 3.99. The molecule has 2 rings (SSSR count). The average molecular weight is 295 g/mol. The van der Waals surface area contributed by atoms with Gasteiger partial charge >= 0.3 is 5.69 Å². The highest BCUT2D eigenvalue weighted by atomic mass is 35.5. The minimum absolute atomic E-state index is 0.199. The molecule has 1 unspecified atom stereocenters. The summed E-state index contributed by atoms with van der Waals surface area (Å²) in [7, 11) is 0. The molecule has 0 spiro atoms. The molecule has 1 aromatic carbocycles. The lowest BCUT2D eigenvalue weighted by Gasteiger charge is -2.18. The van der Waals surface area contributed by atoms with E-state index in [1.807, 2.05) is 0 Å². The molecule has 1 aromatic heterocycles. The van der Waals surface area contributed by atoms with Gasteiger partial charge in [0.15, 0.2) is 0 Å². The molecule has 0 saturated carbocycles. The number of aromatic hydroxyl groups is 1. The third kappa shape index (κ3) is 2.49. The lowest BCUT2D eigenvalue weighted by molar-refractivity contribution is 0.382. The molecule has 0 saturated heterocycles.